The van der Waals surface area contributed by atoms with Gasteiger partial charge in [0.25, 0.3) is 0 Å². The third-order valence-electron chi connectivity index (χ3n) is 2.12. The van der Waals surface area contributed by atoms with Gasteiger partial charge >= 0.3 is 0 Å². The molecule has 1 rings (SSSR count). The average molecular weight is 205 g/mol. The second-order valence-corrected chi connectivity index (χ2v) is 3.77. The molecule has 1 saturated heterocycles. The van der Waals surface area contributed by atoms with E-state index >= 15 is 0 Å². The van der Waals surface area contributed by atoms with Crippen LogP contribution in [0.1, 0.15) is 13.8 Å². The number of piperazine rings is 1. The van der Waals surface area contributed by atoms with E-state index in [0.717, 1.165) is 0 Å². The Morgan fingerprint density at radius 1 is 1.77 bits per heavy atom. The summed E-state index contributed by atoms with van der Waals surface area (Å²) >= 11 is 5.65. The van der Waals surface area contributed by atoms with Crippen molar-refractivity contribution in [2.45, 2.75) is 25.3 Å². The first-order valence-electron chi connectivity index (χ1n) is 4.26. The molecule has 0 bridgehead atoms. The summed E-state index contributed by atoms with van der Waals surface area (Å²) in [5.41, 5.74) is 0. The molecule has 1 aliphatic rings. The van der Waals surface area contributed by atoms with Crippen LogP contribution in [0.3, 0.4) is 0 Å². The van der Waals surface area contributed by atoms with Gasteiger partial charge in [0.2, 0.25) is 11.8 Å². The van der Waals surface area contributed by atoms with Crippen molar-refractivity contribution in [1.82, 2.24) is 10.2 Å². The highest BCUT2D eigenvalue weighted by Gasteiger charge is 2.30. The minimum absolute atomic E-state index is 0.114. The molecular weight excluding hydrogens is 192 g/mol. The Morgan fingerprint density at radius 3 is 2.92 bits per heavy atom. The first-order chi connectivity index (χ1) is 6.04. The van der Waals surface area contributed by atoms with Crippen LogP contribution >= 0.6 is 11.6 Å². The molecule has 2 atom stereocenters. The van der Waals surface area contributed by atoms with E-state index < -0.39 is 11.4 Å². The Bertz CT molecular complexity index is 230. The van der Waals surface area contributed by atoms with Crippen molar-refractivity contribution in [2.24, 2.45) is 0 Å². The Labute approximate surface area is 82.2 Å². The molecule has 13 heavy (non-hydrogen) atoms. The summed E-state index contributed by atoms with van der Waals surface area (Å²) in [6, 6.07) is -0.401. The molecule has 0 spiro atoms. The Morgan fingerprint density at radius 2 is 2.38 bits per heavy atom. The quantitative estimate of drug-likeness (QED) is 0.610. The van der Waals surface area contributed by atoms with Gasteiger partial charge in [-0.15, -0.1) is 11.6 Å². The number of alkyl halides is 1. The molecule has 4 nitrogen and oxygen atoms in total. The lowest BCUT2D eigenvalue weighted by atomic mass is 10.2. The molecule has 74 valence electrons. The van der Waals surface area contributed by atoms with Gasteiger partial charge in [0.1, 0.15) is 11.4 Å². The monoisotopic (exact) mass is 204 g/mol. The molecule has 1 N–H and O–H groups in total. The van der Waals surface area contributed by atoms with E-state index in [1.807, 2.05) is 0 Å². The molecular formula is C8H13ClN2O2. The Kier molecular flexibility index (Phi) is 3.14. The highest BCUT2D eigenvalue weighted by molar-refractivity contribution is 6.30. The fourth-order valence-electron chi connectivity index (χ4n) is 1.31. The van der Waals surface area contributed by atoms with Gasteiger partial charge < -0.3 is 10.2 Å². The van der Waals surface area contributed by atoms with Crippen LogP contribution in [0.4, 0.5) is 0 Å². The highest BCUT2D eigenvalue weighted by Crippen LogP contribution is 2.08. The van der Waals surface area contributed by atoms with Crippen LogP contribution in [-0.2, 0) is 9.59 Å². The first-order valence-corrected chi connectivity index (χ1v) is 4.70. The van der Waals surface area contributed by atoms with Crippen LogP contribution in [0.25, 0.3) is 0 Å². The van der Waals surface area contributed by atoms with Crippen molar-refractivity contribution in [3.05, 3.63) is 0 Å². The number of rotatable bonds is 1. The van der Waals surface area contributed by atoms with Crippen LogP contribution in [0.15, 0.2) is 0 Å². The smallest absolute Gasteiger partial charge is 0.242 e. The summed E-state index contributed by atoms with van der Waals surface area (Å²) in [7, 11) is 0. The number of hydrogen-bond donors (Lipinski definition) is 1. The molecule has 5 heteroatoms. The fourth-order valence-corrected chi connectivity index (χ4v) is 1.44. The lowest BCUT2D eigenvalue weighted by Gasteiger charge is -2.33. The second-order valence-electron chi connectivity index (χ2n) is 3.11. The molecule has 0 aromatic rings. The van der Waals surface area contributed by atoms with Crippen LogP contribution < -0.4 is 5.32 Å². The van der Waals surface area contributed by atoms with Crippen molar-refractivity contribution in [3.63, 3.8) is 0 Å². The molecule has 0 aromatic heterocycles. The van der Waals surface area contributed by atoms with Gasteiger partial charge in [-0.1, -0.05) is 0 Å². The van der Waals surface area contributed by atoms with Crippen molar-refractivity contribution < 1.29 is 9.59 Å². The first kappa shape index (κ1) is 10.3. The summed E-state index contributed by atoms with van der Waals surface area (Å²) in [4.78, 5) is 24.2. The van der Waals surface area contributed by atoms with Gasteiger partial charge in [-0.25, -0.2) is 0 Å². The third kappa shape index (κ3) is 2.12. The van der Waals surface area contributed by atoms with E-state index in [1.165, 1.54) is 4.90 Å². The predicted octanol–water partition coefficient (Wildman–Crippen LogP) is -0.0394. The molecule has 1 aliphatic heterocycles. The van der Waals surface area contributed by atoms with E-state index in [1.54, 1.807) is 13.8 Å². The zero-order valence-electron chi connectivity index (χ0n) is 7.71. The minimum Gasteiger partial charge on any atom is -0.353 e. The lowest BCUT2D eigenvalue weighted by molar-refractivity contribution is -0.141. The van der Waals surface area contributed by atoms with Gasteiger partial charge in [0.15, 0.2) is 0 Å². The van der Waals surface area contributed by atoms with Gasteiger partial charge in [-0.3, -0.25) is 9.59 Å². The summed E-state index contributed by atoms with van der Waals surface area (Å²) in [6.45, 7) is 4.37. The third-order valence-corrected chi connectivity index (χ3v) is 2.31. The fraction of sp³-hybridized carbons (Fsp3) is 0.750. The maximum atomic E-state index is 11.5. The molecule has 0 aliphatic carbocycles. The number of nitrogens with one attached hydrogen (secondary N) is 1. The lowest BCUT2D eigenvalue weighted by Crippen LogP contribution is -2.57. The van der Waals surface area contributed by atoms with E-state index in [2.05, 4.69) is 5.32 Å². The molecule has 1 heterocycles. The highest BCUT2D eigenvalue weighted by atomic mass is 35.5. The van der Waals surface area contributed by atoms with Gasteiger partial charge in [0, 0.05) is 13.1 Å². The molecule has 2 unspecified atom stereocenters. The number of amides is 2. The summed E-state index contributed by atoms with van der Waals surface area (Å²) in [6.07, 6.45) is 0. The van der Waals surface area contributed by atoms with Crippen molar-refractivity contribution in [1.29, 1.82) is 0 Å². The van der Waals surface area contributed by atoms with Crippen molar-refractivity contribution in [2.75, 3.05) is 13.1 Å². The van der Waals surface area contributed by atoms with Gasteiger partial charge in [0.05, 0.1) is 0 Å². The molecule has 1 fully saturated rings. The van der Waals surface area contributed by atoms with Crippen LogP contribution in [0.2, 0.25) is 0 Å². The molecule has 0 aromatic carbocycles. The van der Waals surface area contributed by atoms with Gasteiger partial charge in [-0.05, 0) is 13.8 Å². The maximum absolute atomic E-state index is 11.5. The Balaban J connectivity index is 2.68. The maximum Gasteiger partial charge on any atom is 0.242 e. The largest absolute Gasteiger partial charge is 0.353 e. The number of carbonyl (C=O) groups is 2. The minimum atomic E-state index is -0.562. The van der Waals surface area contributed by atoms with Gasteiger partial charge in [-0.2, -0.15) is 0 Å². The van der Waals surface area contributed by atoms with E-state index in [-0.39, 0.29) is 11.8 Å². The zero-order valence-corrected chi connectivity index (χ0v) is 8.47. The number of nitrogens with zero attached hydrogens (tertiary/aromatic N) is 1. The van der Waals surface area contributed by atoms with Crippen molar-refractivity contribution in [3.8, 4) is 0 Å². The topological polar surface area (TPSA) is 49.4 Å². The molecule has 2 amide bonds. The number of hydrogen-bond acceptors (Lipinski definition) is 2. The zero-order chi connectivity index (χ0) is 10.0. The summed E-state index contributed by atoms with van der Waals surface area (Å²) in [5, 5.41) is 2.12. The Hall–Kier alpha value is -0.770. The van der Waals surface area contributed by atoms with Crippen LogP contribution in [0, 0.1) is 0 Å². The van der Waals surface area contributed by atoms with Crippen LogP contribution in [0.5, 0.6) is 0 Å². The van der Waals surface area contributed by atoms with E-state index in [0.29, 0.717) is 13.1 Å². The number of halogens is 1. The average Bonchev–Trinajstić information content (AvgIpc) is 2.08. The summed E-state index contributed by atoms with van der Waals surface area (Å²) in [5.74, 6) is -0.291. The number of carbonyl (C=O) groups excluding carboxylic acids is 2. The SMILES string of the molecule is CC(Cl)C(=O)N1CCNC(=O)C1C. The van der Waals surface area contributed by atoms with E-state index in [4.69, 9.17) is 11.6 Å². The molecule has 0 radical (unpaired) electrons. The van der Waals surface area contributed by atoms with Crippen LogP contribution in [-0.4, -0.2) is 41.2 Å². The second kappa shape index (κ2) is 3.96. The standard InChI is InChI=1S/C8H13ClN2O2/c1-5(9)8(13)11-4-3-10-7(12)6(11)2/h5-6H,3-4H2,1-2H3,(H,10,12). The normalized spacial score (nSPS) is 25.3. The van der Waals surface area contributed by atoms with Crippen molar-refractivity contribution >= 4 is 23.4 Å². The predicted molar refractivity (Wildman–Crippen MR) is 49.5 cm³/mol. The van der Waals surface area contributed by atoms with E-state index in [9.17, 15) is 9.59 Å². The molecule has 0 saturated carbocycles. The summed E-state index contributed by atoms with van der Waals surface area (Å²) < 4.78 is 0.